The van der Waals surface area contributed by atoms with Crippen LogP contribution in [0.5, 0.6) is 5.75 Å². The minimum atomic E-state index is -0.499. The third-order valence-electron chi connectivity index (χ3n) is 4.55. The van der Waals surface area contributed by atoms with Gasteiger partial charge in [-0.3, -0.25) is 4.79 Å². The zero-order valence-corrected chi connectivity index (χ0v) is 14.0. The van der Waals surface area contributed by atoms with Gasteiger partial charge in [0.25, 0.3) is 0 Å². The first-order valence-corrected chi connectivity index (χ1v) is 7.95. The number of rotatable bonds is 2. The van der Waals surface area contributed by atoms with Gasteiger partial charge in [-0.05, 0) is 42.8 Å². The van der Waals surface area contributed by atoms with Crippen LogP contribution < -0.4 is 10.2 Å². The van der Waals surface area contributed by atoms with E-state index in [4.69, 9.17) is 0 Å². The first-order valence-electron chi connectivity index (χ1n) is 7.95. The second-order valence-electron chi connectivity index (χ2n) is 6.53. The van der Waals surface area contributed by atoms with E-state index in [0.29, 0.717) is 11.1 Å². The molecule has 0 radical (unpaired) electrons. The van der Waals surface area contributed by atoms with Crippen LogP contribution in [0.1, 0.15) is 35.2 Å². The van der Waals surface area contributed by atoms with Crippen LogP contribution >= 0.6 is 0 Å². The number of anilines is 2. The van der Waals surface area contributed by atoms with Gasteiger partial charge in [0.2, 0.25) is 0 Å². The van der Waals surface area contributed by atoms with E-state index >= 15 is 0 Å². The van der Waals surface area contributed by atoms with Crippen molar-refractivity contribution in [1.82, 2.24) is 0 Å². The van der Waals surface area contributed by atoms with E-state index in [1.165, 1.54) is 12.1 Å². The van der Waals surface area contributed by atoms with E-state index < -0.39 is 5.82 Å². The number of hydrogen-bond donors (Lipinski definition) is 2. The van der Waals surface area contributed by atoms with Gasteiger partial charge in [0.15, 0.2) is 5.78 Å². The maximum atomic E-state index is 13.6. The predicted molar refractivity (Wildman–Crippen MR) is 93.6 cm³/mol. The molecular formula is C19H21FN2O2. The molecule has 2 unspecified atom stereocenters. The van der Waals surface area contributed by atoms with Crippen LogP contribution in [0.15, 0.2) is 36.4 Å². The summed E-state index contributed by atoms with van der Waals surface area (Å²) < 4.78 is 13.6. The second-order valence-corrected chi connectivity index (χ2v) is 6.53. The van der Waals surface area contributed by atoms with Crippen LogP contribution in [0.4, 0.5) is 15.8 Å². The number of nitrogens with one attached hydrogen (secondary N) is 1. The van der Waals surface area contributed by atoms with Crippen molar-refractivity contribution < 1.29 is 14.3 Å². The lowest BCUT2D eigenvalue weighted by atomic mass is 9.87. The number of carbonyl (C=O) groups excluding carboxylic acids is 1. The van der Waals surface area contributed by atoms with Gasteiger partial charge < -0.3 is 15.3 Å². The summed E-state index contributed by atoms with van der Waals surface area (Å²) in [5.74, 6) is -0.823. The summed E-state index contributed by atoms with van der Waals surface area (Å²) in [4.78, 5) is 14.7. The highest BCUT2D eigenvalue weighted by Crippen LogP contribution is 2.36. The van der Waals surface area contributed by atoms with Gasteiger partial charge in [0.1, 0.15) is 11.6 Å². The molecule has 4 nitrogen and oxygen atoms in total. The Morgan fingerprint density at radius 1 is 1.21 bits per heavy atom. The molecule has 1 heterocycles. The van der Waals surface area contributed by atoms with Crippen molar-refractivity contribution in [2.45, 2.75) is 25.3 Å². The van der Waals surface area contributed by atoms with Crippen LogP contribution in [0.3, 0.4) is 0 Å². The van der Waals surface area contributed by atoms with E-state index in [1.54, 1.807) is 0 Å². The minimum absolute atomic E-state index is 0.0132. The molecule has 24 heavy (non-hydrogen) atoms. The molecule has 3 rings (SSSR count). The molecule has 0 fully saturated rings. The highest BCUT2D eigenvalue weighted by Gasteiger charge is 2.29. The molecule has 5 heteroatoms. The number of aromatic hydroxyl groups is 1. The van der Waals surface area contributed by atoms with Crippen molar-refractivity contribution in [3.05, 3.63) is 53.3 Å². The topological polar surface area (TPSA) is 52.6 Å². The summed E-state index contributed by atoms with van der Waals surface area (Å²) in [5, 5.41) is 13.0. The quantitative estimate of drug-likeness (QED) is 0.881. The number of phenolic OH excluding ortho intramolecular Hbond substituents is 1. The number of hydrogen-bond acceptors (Lipinski definition) is 4. The summed E-state index contributed by atoms with van der Waals surface area (Å²) in [6.07, 6.45) is 0.265. The average molecular weight is 328 g/mol. The van der Waals surface area contributed by atoms with Crippen LogP contribution in [-0.4, -0.2) is 31.0 Å². The Morgan fingerprint density at radius 2 is 1.96 bits per heavy atom. The van der Waals surface area contributed by atoms with Gasteiger partial charge in [0.05, 0.1) is 0 Å². The molecule has 2 aromatic rings. The van der Waals surface area contributed by atoms with Crippen molar-refractivity contribution in [1.29, 1.82) is 0 Å². The Labute approximate surface area is 140 Å². The first-order chi connectivity index (χ1) is 11.3. The smallest absolute Gasteiger partial charge is 0.165 e. The minimum Gasteiger partial charge on any atom is -0.508 e. The number of benzene rings is 2. The standard InChI is InChI=1S/C19H21FN2O2/c1-11-16(12-6-13(20)8-15(23)7-12)10-19(24)17-9-14(22(2)3)4-5-18(17)21-11/h4-9,11,16,21,23H,10H2,1-3H3. The Hall–Kier alpha value is -2.56. The number of ketones is 1. The molecule has 0 bridgehead atoms. The second kappa shape index (κ2) is 6.15. The highest BCUT2D eigenvalue weighted by molar-refractivity contribution is 6.03. The lowest BCUT2D eigenvalue weighted by molar-refractivity contribution is 0.0975. The largest absolute Gasteiger partial charge is 0.508 e. The lowest BCUT2D eigenvalue weighted by Gasteiger charge is -2.23. The molecule has 0 saturated heterocycles. The van der Waals surface area contributed by atoms with Gasteiger partial charge in [0, 0.05) is 55.5 Å². The number of phenols is 1. The maximum absolute atomic E-state index is 13.6. The number of halogens is 1. The number of Topliss-reactive ketones (excluding diaryl/α,β-unsaturated/α-hetero) is 1. The van der Waals surface area contributed by atoms with Gasteiger partial charge in [-0.25, -0.2) is 4.39 Å². The highest BCUT2D eigenvalue weighted by atomic mass is 19.1. The van der Waals surface area contributed by atoms with Crippen molar-refractivity contribution >= 4 is 17.2 Å². The van der Waals surface area contributed by atoms with Crippen molar-refractivity contribution in [3.63, 3.8) is 0 Å². The van der Waals surface area contributed by atoms with Gasteiger partial charge in [-0.15, -0.1) is 0 Å². The third-order valence-corrected chi connectivity index (χ3v) is 4.55. The molecular weight excluding hydrogens is 307 g/mol. The summed E-state index contributed by atoms with van der Waals surface area (Å²) in [6.45, 7) is 1.97. The fourth-order valence-corrected chi connectivity index (χ4v) is 3.22. The van der Waals surface area contributed by atoms with Gasteiger partial charge in [-0.2, -0.15) is 0 Å². The molecule has 0 amide bonds. The van der Waals surface area contributed by atoms with Crippen molar-refractivity contribution in [2.75, 3.05) is 24.3 Å². The fraction of sp³-hybridized carbons (Fsp3) is 0.316. The molecule has 2 N–H and O–H groups in total. The van der Waals surface area contributed by atoms with E-state index in [1.807, 2.05) is 44.1 Å². The molecule has 0 spiro atoms. The normalized spacial score (nSPS) is 20.1. The van der Waals surface area contributed by atoms with Crippen LogP contribution in [0.2, 0.25) is 0 Å². The fourth-order valence-electron chi connectivity index (χ4n) is 3.22. The Kier molecular flexibility index (Phi) is 4.18. The third kappa shape index (κ3) is 3.07. The Bertz CT molecular complexity index is 769. The van der Waals surface area contributed by atoms with Crippen molar-refractivity contribution in [2.24, 2.45) is 0 Å². The number of carbonyl (C=O) groups is 1. The first kappa shape index (κ1) is 16.3. The number of nitrogens with zero attached hydrogens (tertiary/aromatic N) is 1. The van der Waals surface area contributed by atoms with E-state index in [9.17, 15) is 14.3 Å². The Balaban J connectivity index is 1.99. The molecule has 1 aliphatic heterocycles. The van der Waals surface area contributed by atoms with Crippen LogP contribution in [-0.2, 0) is 0 Å². The van der Waals surface area contributed by atoms with Crippen molar-refractivity contribution in [3.8, 4) is 5.75 Å². The molecule has 2 aromatic carbocycles. The van der Waals surface area contributed by atoms with Crippen LogP contribution in [0.25, 0.3) is 0 Å². The zero-order chi connectivity index (χ0) is 17.4. The lowest BCUT2D eigenvalue weighted by Crippen LogP contribution is -2.23. The molecule has 0 saturated carbocycles. The predicted octanol–water partition coefficient (Wildman–Crippen LogP) is 3.77. The summed E-state index contributed by atoms with van der Waals surface area (Å²) in [7, 11) is 3.86. The van der Waals surface area contributed by atoms with E-state index in [2.05, 4.69) is 5.32 Å². The molecule has 126 valence electrons. The number of fused-ring (bicyclic) bond motifs is 1. The SMILES string of the molecule is CC1Nc2ccc(N(C)C)cc2C(=O)CC1c1cc(O)cc(F)c1. The summed E-state index contributed by atoms with van der Waals surface area (Å²) in [5.41, 5.74) is 3.03. The van der Waals surface area contributed by atoms with E-state index in [-0.39, 0.29) is 29.9 Å². The monoisotopic (exact) mass is 328 g/mol. The molecule has 0 aliphatic carbocycles. The molecule has 2 atom stereocenters. The summed E-state index contributed by atoms with van der Waals surface area (Å²) >= 11 is 0. The molecule has 0 aromatic heterocycles. The van der Waals surface area contributed by atoms with Gasteiger partial charge in [-0.1, -0.05) is 0 Å². The molecule has 1 aliphatic rings. The Morgan fingerprint density at radius 3 is 2.62 bits per heavy atom. The zero-order valence-electron chi connectivity index (χ0n) is 14.0. The van der Waals surface area contributed by atoms with Crippen LogP contribution in [0, 0.1) is 5.82 Å². The van der Waals surface area contributed by atoms with E-state index in [0.717, 1.165) is 17.4 Å². The average Bonchev–Trinajstić information content (AvgIpc) is 2.62. The summed E-state index contributed by atoms with van der Waals surface area (Å²) in [6, 6.07) is 9.66. The van der Waals surface area contributed by atoms with Gasteiger partial charge >= 0.3 is 0 Å². The maximum Gasteiger partial charge on any atom is 0.165 e.